The average molecular weight is 467 g/mol. The number of benzene rings is 3. The number of rotatable bonds is 6. The van der Waals surface area contributed by atoms with E-state index in [2.05, 4.69) is 5.32 Å². The number of halogens is 2. The number of methoxy groups -OCH3 is 1. The van der Waals surface area contributed by atoms with Crippen molar-refractivity contribution in [1.29, 1.82) is 5.26 Å². The zero-order valence-corrected chi connectivity index (χ0v) is 18.3. The van der Waals surface area contributed by atoms with E-state index < -0.39 is 11.9 Å². The van der Waals surface area contributed by atoms with Gasteiger partial charge >= 0.3 is 5.97 Å². The van der Waals surface area contributed by atoms with Crippen LogP contribution in [-0.4, -0.2) is 19.0 Å². The minimum Gasteiger partial charge on any atom is -0.493 e. The van der Waals surface area contributed by atoms with Crippen molar-refractivity contribution in [2.45, 2.75) is 0 Å². The van der Waals surface area contributed by atoms with Gasteiger partial charge in [-0.05, 0) is 54.1 Å². The van der Waals surface area contributed by atoms with Crippen LogP contribution in [0.25, 0.3) is 6.08 Å². The Labute approximate surface area is 194 Å². The molecule has 0 aliphatic rings. The maximum absolute atomic E-state index is 12.5. The first-order valence-electron chi connectivity index (χ1n) is 9.24. The molecule has 0 aliphatic heterocycles. The van der Waals surface area contributed by atoms with Crippen LogP contribution >= 0.6 is 23.2 Å². The molecular formula is C24H16Cl2N2O4. The number of esters is 1. The number of hydrogen-bond acceptors (Lipinski definition) is 5. The largest absolute Gasteiger partial charge is 0.493 e. The first-order valence-corrected chi connectivity index (χ1v) is 10.0. The number of anilines is 1. The third-order valence-electron chi connectivity index (χ3n) is 4.25. The van der Waals surface area contributed by atoms with Crippen molar-refractivity contribution in [1.82, 2.24) is 0 Å². The van der Waals surface area contributed by atoms with Gasteiger partial charge in [-0.1, -0.05) is 47.5 Å². The van der Waals surface area contributed by atoms with Crippen molar-refractivity contribution in [2.24, 2.45) is 0 Å². The Kier molecular flexibility index (Phi) is 7.50. The fraction of sp³-hybridized carbons (Fsp3) is 0.0417. The van der Waals surface area contributed by atoms with Crippen molar-refractivity contribution < 1.29 is 19.1 Å². The van der Waals surface area contributed by atoms with Gasteiger partial charge in [0.1, 0.15) is 11.6 Å². The lowest BCUT2D eigenvalue weighted by molar-refractivity contribution is -0.112. The van der Waals surface area contributed by atoms with Crippen LogP contribution in [0, 0.1) is 11.3 Å². The van der Waals surface area contributed by atoms with Gasteiger partial charge in [0.2, 0.25) is 0 Å². The van der Waals surface area contributed by atoms with E-state index in [0.29, 0.717) is 16.1 Å². The van der Waals surface area contributed by atoms with Gasteiger partial charge in [0.15, 0.2) is 11.5 Å². The second kappa shape index (κ2) is 10.5. The molecule has 3 aromatic carbocycles. The summed E-state index contributed by atoms with van der Waals surface area (Å²) in [7, 11) is 1.42. The summed E-state index contributed by atoms with van der Waals surface area (Å²) in [6, 6.07) is 19.6. The van der Waals surface area contributed by atoms with E-state index in [-0.39, 0.29) is 27.8 Å². The monoisotopic (exact) mass is 466 g/mol. The summed E-state index contributed by atoms with van der Waals surface area (Å²) in [5.74, 6) is -0.733. The highest BCUT2D eigenvalue weighted by atomic mass is 35.5. The molecule has 1 N–H and O–H groups in total. The standard InChI is InChI=1S/C24H16Cl2N2O4/c1-31-22-12-15(7-10-21(22)32-24(30)16-5-3-2-4-6-16)11-17(14-27)23(29)28-20-13-18(25)8-9-19(20)26/h2-13H,1H3,(H,28,29)/b17-11+. The molecule has 0 spiro atoms. The van der Waals surface area contributed by atoms with Crippen LogP contribution in [0.2, 0.25) is 10.0 Å². The SMILES string of the molecule is COc1cc(/C=C(\C#N)C(=O)Nc2cc(Cl)ccc2Cl)ccc1OC(=O)c1ccccc1. The third-order valence-corrected chi connectivity index (χ3v) is 4.82. The number of nitriles is 1. The van der Waals surface area contributed by atoms with Crippen LogP contribution in [0.5, 0.6) is 11.5 Å². The van der Waals surface area contributed by atoms with E-state index in [1.54, 1.807) is 48.5 Å². The average Bonchev–Trinajstić information content (AvgIpc) is 2.81. The second-order valence-electron chi connectivity index (χ2n) is 6.41. The molecule has 0 fully saturated rings. The van der Waals surface area contributed by atoms with Gasteiger partial charge in [-0.15, -0.1) is 0 Å². The van der Waals surface area contributed by atoms with Crippen LogP contribution in [0.1, 0.15) is 15.9 Å². The summed E-state index contributed by atoms with van der Waals surface area (Å²) in [4.78, 5) is 24.8. The van der Waals surface area contributed by atoms with Crippen LogP contribution in [0.4, 0.5) is 5.69 Å². The van der Waals surface area contributed by atoms with Gasteiger partial charge in [0, 0.05) is 5.02 Å². The molecule has 0 bridgehead atoms. The Morgan fingerprint density at radius 2 is 1.75 bits per heavy atom. The molecule has 0 atom stereocenters. The number of hydrogen-bond donors (Lipinski definition) is 1. The van der Waals surface area contributed by atoms with Gasteiger partial charge in [-0.2, -0.15) is 5.26 Å². The molecule has 0 saturated carbocycles. The number of nitrogens with zero attached hydrogens (tertiary/aromatic N) is 1. The Morgan fingerprint density at radius 1 is 1.00 bits per heavy atom. The first-order chi connectivity index (χ1) is 15.4. The van der Waals surface area contributed by atoms with E-state index in [1.807, 2.05) is 6.07 Å². The summed E-state index contributed by atoms with van der Waals surface area (Å²) in [5, 5.41) is 12.7. The first kappa shape index (κ1) is 22.9. The Bertz CT molecular complexity index is 1230. The predicted octanol–water partition coefficient (Wildman–Crippen LogP) is 5.77. The molecule has 6 nitrogen and oxygen atoms in total. The van der Waals surface area contributed by atoms with Crippen molar-refractivity contribution >= 4 is 46.8 Å². The van der Waals surface area contributed by atoms with Gasteiger partial charge in [-0.25, -0.2) is 4.79 Å². The van der Waals surface area contributed by atoms with E-state index in [4.69, 9.17) is 32.7 Å². The Morgan fingerprint density at radius 3 is 2.44 bits per heavy atom. The third kappa shape index (κ3) is 5.67. The summed E-state index contributed by atoms with van der Waals surface area (Å²) < 4.78 is 10.7. The number of carbonyl (C=O) groups excluding carboxylic acids is 2. The molecule has 0 unspecified atom stereocenters. The van der Waals surface area contributed by atoms with Crippen molar-refractivity contribution in [3.05, 3.63) is 93.5 Å². The summed E-state index contributed by atoms with van der Waals surface area (Å²) in [6.07, 6.45) is 1.37. The molecule has 0 aliphatic carbocycles. The molecule has 0 saturated heterocycles. The second-order valence-corrected chi connectivity index (χ2v) is 7.26. The van der Waals surface area contributed by atoms with Crippen LogP contribution in [-0.2, 0) is 4.79 Å². The van der Waals surface area contributed by atoms with E-state index in [1.165, 1.54) is 31.4 Å². The van der Waals surface area contributed by atoms with E-state index >= 15 is 0 Å². The zero-order valence-electron chi connectivity index (χ0n) is 16.8. The normalized spacial score (nSPS) is 10.8. The number of carbonyl (C=O) groups is 2. The number of amides is 1. The lowest BCUT2D eigenvalue weighted by atomic mass is 10.1. The van der Waals surface area contributed by atoms with Gasteiger partial charge in [0.05, 0.1) is 23.4 Å². The number of ether oxygens (including phenoxy) is 2. The molecule has 0 heterocycles. The van der Waals surface area contributed by atoms with Crippen molar-refractivity contribution in [3.63, 3.8) is 0 Å². The minimum absolute atomic E-state index is 0.169. The number of nitrogens with one attached hydrogen (secondary N) is 1. The smallest absolute Gasteiger partial charge is 0.343 e. The Hall–Kier alpha value is -3.79. The van der Waals surface area contributed by atoms with Gasteiger partial charge in [0.25, 0.3) is 5.91 Å². The Balaban J connectivity index is 1.81. The molecule has 160 valence electrons. The topological polar surface area (TPSA) is 88.4 Å². The van der Waals surface area contributed by atoms with Crippen LogP contribution < -0.4 is 14.8 Å². The maximum Gasteiger partial charge on any atom is 0.343 e. The molecule has 3 aromatic rings. The lowest BCUT2D eigenvalue weighted by Gasteiger charge is -2.10. The fourth-order valence-corrected chi connectivity index (χ4v) is 3.03. The summed E-state index contributed by atoms with van der Waals surface area (Å²) in [6.45, 7) is 0. The summed E-state index contributed by atoms with van der Waals surface area (Å²) >= 11 is 12.0. The van der Waals surface area contributed by atoms with Gasteiger partial charge < -0.3 is 14.8 Å². The highest BCUT2D eigenvalue weighted by Crippen LogP contribution is 2.30. The van der Waals surface area contributed by atoms with Gasteiger partial charge in [-0.3, -0.25) is 4.79 Å². The lowest BCUT2D eigenvalue weighted by Crippen LogP contribution is -2.13. The molecule has 8 heteroatoms. The maximum atomic E-state index is 12.5. The van der Waals surface area contributed by atoms with Crippen LogP contribution in [0.3, 0.4) is 0 Å². The highest BCUT2D eigenvalue weighted by molar-refractivity contribution is 6.36. The molecule has 3 rings (SSSR count). The van der Waals surface area contributed by atoms with Crippen molar-refractivity contribution in [2.75, 3.05) is 12.4 Å². The predicted molar refractivity (Wildman–Crippen MR) is 123 cm³/mol. The molecule has 0 aromatic heterocycles. The minimum atomic E-state index is -0.657. The van der Waals surface area contributed by atoms with Crippen LogP contribution in [0.15, 0.2) is 72.3 Å². The van der Waals surface area contributed by atoms with E-state index in [9.17, 15) is 14.9 Å². The quantitative estimate of drug-likeness (QED) is 0.215. The molecule has 32 heavy (non-hydrogen) atoms. The molecule has 1 amide bonds. The molecular weight excluding hydrogens is 451 g/mol. The van der Waals surface area contributed by atoms with Crippen molar-refractivity contribution in [3.8, 4) is 17.6 Å². The van der Waals surface area contributed by atoms with E-state index in [0.717, 1.165) is 0 Å². The summed E-state index contributed by atoms with van der Waals surface area (Å²) in [5.41, 5.74) is 0.995. The highest BCUT2D eigenvalue weighted by Gasteiger charge is 2.15. The molecule has 0 radical (unpaired) electrons. The fourth-order valence-electron chi connectivity index (χ4n) is 2.69. The zero-order chi connectivity index (χ0) is 23.1.